The molecule has 0 aliphatic rings. The summed E-state index contributed by atoms with van der Waals surface area (Å²) in [4.78, 5) is 22.7. The molecule has 2 N–H and O–H groups in total. The minimum Gasteiger partial charge on any atom is -0.459 e. The van der Waals surface area contributed by atoms with E-state index in [1.165, 1.54) is 24.5 Å². The van der Waals surface area contributed by atoms with Crippen molar-refractivity contribution in [2.45, 2.75) is 6.54 Å². The summed E-state index contributed by atoms with van der Waals surface area (Å²) in [5.41, 5.74) is 1.74. The maximum atomic E-state index is 12.0. The molecule has 0 unspecified atom stereocenters. The first-order chi connectivity index (χ1) is 13.1. The van der Waals surface area contributed by atoms with E-state index < -0.39 is 4.92 Å². The van der Waals surface area contributed by atoms with Crippen molar-refractivity contribution in [2.75, 3.05) is 10.6 Å². The summed E-state index contributed by atoms with van der Waals surface area (Å²) in [6, 6.07) is 16.4. The maximum absolute atomic E-state index is 12.0. The van der Waals surface area contributed by atoms with Crippen LogP contribution in [0.1, 0.15) is 21.7 Å². The summed E-state index contributed by atoms with van der Waals surface area (Å²) >= 11 is 0. The first-order valence-electron chi connectivity index (χ1n) is 7.93. The molecule has 134 valence electrons. The van der Waals surface area contributed by atoms with Crippen LogP contribution in [-0.2, 0) is 6.54 Å². The smallest absolute Gasteiger partial charge is 0.293 e. The summed E-state index contributed by atoms with van der Waals surface area (Å²) in [6.07, 6.45) is 1.42. The van der Waals surface area contributed by atoms with E-state index in [2.05, 4.69) is 10.6 Å². The highest BCUT2D eigenvalue weighted by Crippen LogP contribution is 2.26. The van der Waals surface area contributed by atoms with Crippen LogP contribution in [0.4, 0.5) is 17.1 Å². The Labute approximate surface area is 154 Å². The van der Waals surface area contributed by atoms with Gasteiger partial charge in [0.2, 0.25) is 0 Å². The van der Waals surface area contributed by atoms with Gasteiger partial charge in [0.05, 0.1) is 22.8 Å². The minimum absolute atomic E-state index is 0.170. The van der Waals surface area contributed by atoms with Crippen LogP contribution in [0.2, 0.25) is 0 Å². The molecule has 1 aromatic heterocycles. The van der Waals surface area contributed by atoms with Gasteiger partial charge in [0, 0.05) is 18.3 Å². The molecule has 0 bridgehead atoms. The van der Waals surface area contributed by atoms with E-state index in [0.29, 0.717) is 17.9 Å². The number of anilines is 2. The van der Waals surface area contributed by atoms with E-state index in [1.807, 2.05) is 12.1 Å². The van der Waals surface area contributed by atoms with Gasteiger partial charge in [-0.05, 0) is 42.0 Å². The Balaban J connectivity index is 1.71. The fraction of sp³-hybridized carbons (Fsp3) is 0.0526. The minimum atomic E-state index is -0.539. The predicted molar refractivity (Wildman–Crippen MR) is 98.2 cm³/mol. The Hall–Kier alpha value is -4.12. The molecule has 0 spiro atoms. The summed E-state index contributed by atoms with van der Waals surface area (Å²) in [5.74, 6) is -0.167. The third-order valence-corrected chi connectivity index (χ3v) is 3.74. The number of rotatable bonds is 6. The number of carbonyl (C=O) groups is 1. The molecule has 8 nitrogen and oxygen atoms in total. The number of carbonyl (C=O) groups excluding carboxylic acids is 1. The Morgan fingerprint density at radius 1 is 1.19 bits per heavy atom. The Morgan fingerprint density at radius 3 is 2.74 bits per heavy atom. The number of hydrogen-bond donors (Lipinski definition) is 2. The third-order valence-electron chi connectivity index (χ3n) is 3.74. The molecule has 0 aliphatic carbocycles. The van der Waals surface area contributed by atoms with Crippen LogP contribution < -0.4 is 10.6 Å². The Kier molecular flexibility index (Phi) is 5.14. The lowest BCUT2D eigenvalue weighted by Gasteiger charge is -2.09. The first-order valence-corrected chi connectivity index (χ1v) is 7.93. The highest BCUT2D eigenvalue weighted by Gasteiger charge is 2.14. The average Bonchev–Trinajstić information content (AvgIpc) is 3.21. The van der Waals surface area contributed by atoms with Crippen LogP contribution in [0.15, 0.2) is 65.3 Å². The predicted octanol–water partition coefficient (Wildman–Crippen LogP) is 3.92. The van der Waals surface area contributed by atoms with Crippen LogP contribution in [0, 0.1) is 21.4 Å². The van der Waals surface area contributed by atoms with Gasteiger partial charge in [0.15, 0.2) is 5.76 Å². The van der Waals surface area contributed by atoms with Gasteiger partial charge in [-0.15, -0.1) is 0 Å². The summed E-state index contributed by atoms with van der Waals surface area (Å²) in [6.45, 7) is 0.303. The molecule has 0 saturated heterocycles. The molecule has 3 aromatic rings. The fourth-order valence-electron chi connectivity index (χ4n) is 2.46. The zero-order chi connectivity index (χ0) is 19.2. The number of nitrogens with one attached hydrogen (secondary N) is 2. The number of benzene rings is 2. The van der Waals surface area contributed by atoms with E-state index in [4.69, 9.17) is 9.68 Å². The molecule has 0 fully saturated rings. The van der Waals surface area contributed by atoms with E-state index in [0.717, 1.165) is 5.56 Å². The number of nitro groups is 1. The molecule has 1 amide bonds. The van der Waals surface area contributed by atoms with Crippen LogP contribution in [0.3, 0.4) is 0 Å². The molecule has 3 rings (SSSR count). The summed E-state index contributed by atoms with van der Waals surface area (Å²) in [5, 5.41) is 25.8. The molecule has 0 aliphatic heterocycles. The monoisotopic (exact) mass is 362 g/mol. The molecule has 27 heavy (non-hydrogen) atoms. The van der Waals surface area contributed by atoms with Crippen molar-refractivity contribution in [3.05, 3.63) is 87.9 Å². The van der Waals surface area contributed by atoms with Gasteiger partial charge in [-0.1, -0.05) is 12.1 Å². The number of nitriles is 1. The quantitative estimate of drug-likeness (QED) is 0.506. The zero-order valence-corrected chi connectivity index (χ0v) is 14.0. The van der Waals surface area contributed by atoms with Gasteiger partial charge in [0.25, 0.3) is 11.6 Å². The van der Waals surface area contributed by atoms with Crippen molar-refractivity contribution in [1.29, 1.82) is 5.26 Å². The van der Waals surface area contributed by atoms with E-state index in [1.54, 1.807) is 30.3 Å². The normalized spacial score (nSPS) is 10.0. The highest BCUT2D eigenvalue weighted by molar-refractivity contribution is 6.02. The summed E-state index contributed by atoms with van der Waals surface area (Å²) < 4.78 is 5.05. The van der Waals surface area contributed by atoms with Gasteiger partial charge < -0.3 is 15.1 Å². The molecular weight excluding hydrogens is 348 g/mol. The van der Waals surface area contributed by atoms with Crippen molar-refractivity contribution in [2.24, 2.45) is 0 Å². The second-order valence-corrected chi connectivity index (χ2v) is 5.59. The van der Waals surface area contributed by atoms with Crippen LogP contribution in [0.5, 0.6) is 0 Å². The molecule has 0 radical (unpaired) electrons. The van der Waals surface area contributed by atoms with Crippen molar-refractivity contribution < 1.29 is 14.1 Å². The topological polar surface area (TPSA) is 121 Å². The van der Waals surface area contributed by atoms with E-state index in [-0.39, 0.29) is 22.9 Å². The lowest BCUT2D eigenvalue weighted by Crippen LogP contribution is -2.11. The number of furan rings is 1. The van der Waals surface area contributed by atoms with Gasteiger partial charge in [-0.3, -0.25) is 14.9 Å². The molecule has 0 atom stereocenters. The molecule has 1 heterocycles. The van der Waals surface area contributed by atoms with Gasteiger partial charge in [0.1, 0.15) is 5.69 Å². The van der Waals surface area contributed by atoms with Crippen molar-refractivity contribution >= 4 is 23.0 Å². The SMILES string of the molecule is N#Cc1ccc(NCc2cccc(NC(=O)c3ccco3)c2)c([N+](=O)[O-])c1. The Bertz CT molecular complexity index is 1020. The largest absolute Gasteiger partial charge is 0.459 e. The standard InChI is InChI=1S/C19H14N4O4/c20-11-13-6-7-16(17(10-13)23(25)26)21-12-14-3-1-4-15(9-14)22-19(24)18-5-2-8-27-18/h1-10,21H,12H2,(H,22,24). The lowest BCUT2D eigenvalue weighted by atomic mass is 10.1. The second kappa shape index (κ2) is 7.84. The van der Waals surface area contributed by atoms with Crippen LogP contribution in [0.25, 0.3) is 0 Å². The van der Waals surface area contributed by atoms with Crippen LogP contribution in [-0.4, -0.2) is 10.8 Å². The van der Waals surface area contributed by atoms with Crippen LogP contribution >= 0.6 is 0 Å². The van der Waals surface area contributed by atoms with E-state index in [9.17, 15) is 14.9 Å². The Morgan fingerprint density at radius 2 is 2.04 bits per heavy atom. The fourth-order valence-corrected chi connectivity index (χ4v) is 2.46. The van der Waals surface area contributed by atoms with E-state index >= 15 is 0 Å². The first kappa shape index (κ1) is 17.7. The lowest BCUT2D eigenvalue weighted by molar-refractivity contribution is -0.384. The zero-order valence-electron chi connectivity index (χ0n) is 14.0. The average molecular weight is 362 g/mol. The number of amides is 1. The van der Waals surface area contributed by atoms with Crippen molar-refractivity contribution in [3.63, 3.8) is 0 Å². The molecular formula is C19H14N4O4. The highest BCUT2D eigenvalue weighted by atomic mass is 16.6. The van der Waals surface area contributed by atoms with Crippen molar-refractivity contribution in [3.8, 4) is 6.07 Å². The maximum Gasteiger partial charge on any atom is 0.293 e. The van der Waals surface area contributed by atoms with Gasteiger partial charge in [-0.2, -0.15) is 5.26 Å². The van der Waals surface area contributed by atoms with Gasteiger partial charge in [-0.25, -0.2) is 0 Å². The number of hydrogen-bond acceptors (Lipinski definition) is 6. The summed E-state index contributed by atoms with van der Waals surface area (Å²) in [7, 11) is 0. The number of nitro benzene ring substituents is 1. The molecule has 2 aromatic carbocycles. The van der Waals surface area contributed by atoms with Gasteiger partial charge >= 0.3 is 0 Å². The molecule has 8 heteroatoms. The third kappa shape index (κ3) is 4.29. The number of nitrogens with zero attached hydrogens (tertiary/aromatic N) is 2. The second-order valence-electron chi connectivity index (χ2n) is 5.59. The van der Waals surface area contributed by atoms with Crippen molar-refractivity contribution in [1.82, 2.24) is 0 Å². The molecule has 0 saturated carbocycles.